The fourth-order valence-electron chi connectivity index (χ4n) is 3.48. The molecule has 1 heterocycles. The molecule has 3 rings (SSSR count). The van der Waals surface area contributed by atoms with Crippen LogP contribution in [0.3, 0.4) is 0 Å². The van der Waals surface area contributed by atoms with Gasteiger partial charge < -0.3 is 9.47 Å². The number of ether oxygens (including phenoxy) is 2. The molecule has 0 saturated carbocycles. The number of thioether (sulfide) groups is 2. The van der Waals surface area contributed by atoms with E-state index in [0.29, 0.717) is 6.42 Å². The minimum absolute atomic E-state index is 0.337. The van der Waals surface area contributed by atoms with Crippen LogP contribution in [-0.2, 0) is 29.6 Å². The highest BCUT2D eigenvalue weighted by Gasteiger charge is 2.70. The predicted octanol–water partition coefficient (Wildman–Crippen LogP) is 2.52. The van der Waals surface area contributed by atoms with Crippen molar-refractivity contribution in [2.24, 2.45) is 5.41 Å². The summed E-state index contributed by atoms with van der Waals surface area (Å²) in [6, 6.07) is 6.14. The summed E-state index contributed by atoms with van der Waals surface area (Å²) in [6.45, 7) is 2.01. The van der Waals surface area contributed by atoms with Gasteiger partial charge in [0.25, 0.3) is 0 Å². The molecule has 22 heavy (non-hydrogen) atoms. The van der Waals surface area contributed by atoms with Crippen molar-refractivity contribution in [1.82, 2.24) is 0 Å². The SMILES string of the molecule is COC(=O)C1(C(=O)OC)Cc2cc(C)ccc2C12SCCS2. The van der Waals surface area contributed by atoms with E-state index in [9.17, 15) is 9.59 Å². The van der Waals surface area contributed by atoms with Gasteiger partial charge in [-0.25, -0.2) is 0 Å². The molecule has 1 aliphatic carbocycles. The predicted molar refractivity (Wildman–Crippen MR) is 87.9 cm³/mol. The van der Waals surface area contributed by atoms with Crippen molar-refractivity contribution in [3.05, 3.63) is 34.9 Å². The lowest BCUT2D eigenvalue weighted by Gasteiger charge is -2.37. The number of methoxy groups -OCH3 is 2. The molecule has 2 aliphatic rings. The fourth-order valence-corrected chi connectivity index (χ4v) is 7.24. The molecule has 1 saturated heterocycles. The van der Waals surface area contributed by atoms with E-state index >= 15 is 0 Å². The van der Waals surface area contributed by atoms with Gasteiger partial charge in [0, 0.05) is 17.9 Å². The summed E-state index contributed by atoms with van der Waals surface area (Å²) in [6.07, 6.45) is 0.337. The van der Waals surface area contributed by atoms with Gasteiger partial charge in [-0.1, -0.05) is 23.8 Å². The first-order chi connectivity index (χ1) is 10.5. The highest BCUT2D eigenvalue weighted by Crippen LogP contribution is 2.68. The summed E-state index contributed by atoms with van der Waals surface area (Å²) in [4.78, 5) is 25.4. The Morgan fingerprint density at radius 2 is 1.68 bits per heavy atom. The highest BCUT2D eigenvalue weighted by atomic mass is 32.2. The maximum absolute atomic E-state index is 12.7. The standard InChI is InChI=1S/C16H18O4S2/c1-10-4-5-12-11(8-10)9-15(13(17)19-2,14(18)20-3)16(12)21-6-7-22-16/h4-5,8H,6-7,9H2,1-3H3. The van der Waals surface area contributed by atoms with E-state index in [2.05, 4.69) is 6.07 Å². The van der Waals surface area contributed by atoms with Crippen LogP contribution in [0.15, 0.2) is 18.2 Å². The minimum atomic E-state index is -1.31. The van der Waals surface area contributed by atoms with Gasteiger partial charge in [-0.2, -0.15) is 0 Å². The number of rotatable bonds is 2. The molecule has 0 bridgehead atoms. The van der Waals surface area contributed by atoms with Crippen molar-refractivity contribution < 1.29 is 19.1 Å². The molecule has 0 amide bonds. The average Bonchev–Trinajstić information content (AvgIpc) is 3.11. The number of aryl methyl sites for hydroxylation is 1. The van der Waals surface area contributed by atoms with E-state index in [0.717, 1.165) is 28.2 Å². The quantitative estimate of drug-likeness (QED) is 0.610. The molecule has 0 unspecified atom stereocenters. The second kappa shape index (κ2) is 5.49. The summed E-state index contributed by atoms with van der Waals surface area (Å²) >= 11 is 3.31. The van der Waals surface area contributed by atoms with Crippen molar-refractivity contribution in [2.45, 2.75) is 17.4 Å². The molecule has 0 radical (unpaired) electrons. The van der Waals surface area contributed by atoms with Gasteiger partial charge in [-0.3, -0.25) is 9.59 Å². The zero-order chi connectivity index (χ0) is 16.0. The van der Waals surface area contributed by atoms with Crippen LogP contribution < -0.4 is 0 Å². The summed E-state index contributed by atoms with van der Waals surface area (Å²) in [5, 5.41) is 0. The van der Waals surface area contributed by atoms with Crippen LogP contribution in [0.5, 0.6) is 0 Å². The molecule has 1 aromatic carbocycles. The van der Waals surface area contributed by atoms with Crippen LogP contribution >= 0.6 is 23.5 Å². The molecule has 0 N–H and O–H groups in total. The molecule has 1 spiro atoms. The Hall–Kier alpha value is -1.14. The Balaban J connectivity index is 2.26. The first kappa shape index (κ1) is 15.7. The van der Waals surface area contributed by atoms with Gasteiger partial charge in [-0.05, 0) is 18.1 Å². The Kier molecular flexibility index (Phi) is 3.93. The van der Waals surface area contributed by atoms with Crippen LogP contribution in [-0.4, -0.2) is 37.7 Å². The molecule has 0 atom stereocenters. The largest absolute Gasteiger partial charge is 0.468 e. The van der Waals surface area contributed by atoms with Gasteiger partial charge in [0.05, 0.1) is 14.2 Å². The van der Waals surface area contributed by atoms with Crippen LogP contribution in [0.1, 0.15) is 16.7 Å². The average molecular weight is 338 g/mol. The zero-order valence-corrected chi connectivity index (χ0v) is 14.4. The molecule has 1 aliphatic heterocycles. The monoisotopic (exact) mass is 338 g/mol. The summed E-state index contributed by atoms with van der Waals surface area (Å²) in [5.74, 6) is 0.784. The first-order valence-electron chi connectivity index (χ1n) is 7.06. The second-order valence-electron chi connectivity index (χ2n) is 5.54. The van der Waals surface area contributed by atoms with Gasteiger partial charge in [0.2, 0.25) is 0 Å². The highest BCUT2D eigenvalue weighted by molar-refractivity contribution is 8.20. The van der Waals surface area contributed by atoms with Crippen LogP contribution in [0.25, 0.3) is 0 Å². The lowest BCUT2D eigenvalue weighted by atomic mass is 9.83. The molecular formula is C16H18O4S2. The summed E-state index contributed by atoms with van der Waals surface area (Å²) in [7, 11) is 2.67. The molecular weight excluding hydrogens is 320 g/mol. The van der Waals surface area contributed by atoms with Crippen molar-refractivity contribution in [2.75, 3.05) is 25.7 Å². The van der Waals surface area contributed by atoms with Crippen molar-refractivity contribution >= 4 is 35.5 Å². The maximum Gasteiger partial charge on any atom is 0.326 e. The third-order valence-electron chi connectivity index (χ3n) is 4.39. The lowest BCUT2D eigenvalue weighted by molar-refractivity contribution is -0.169. The minimum Gasteiger partial charge on any atom is -0.468 e. The Morgan fingerprint density at radius 3 is 2.23 bits per heavy atom. The molecule has 1 fully saturated rings. The fraction of sp³-hybridized carbons (Fsp3) is 0.500. The number of hydrogen-bond acceptors (Lipinski definition) is 6. The lowest BCUT2D eigenvalue weighted by Crippen LogP contribution is -2.51. The van der Waals surface area contributed by atoms with E-state index in [-0.39, 0.29) is 0 Å². The third-order valence-corrected chi connectivity index (χ3v) is 8.13. The number of esters is 2. The summed E-state index contributed by atoms with van der Waals surface area (Å²) in [5.41, 5.74) is 1.91. The van der Waals surface area contributed by atoms with Gasteiger partial charge in [0.15, 0.2) is 5.41 Å². The number of carbonyl (C=O) groups is 2. The smallest absolute Gasteiger partial charge is 0.326 e. The van der Waals surface area contributed by atoms with Crippen molar-refractivity contribution in [3.63, 3.8) is 0 Å². The topological polar surface area (TPSA) is 52.6 Å². The van der Waals surface area contributed by atoms with Gasteiger partial charge >= 0.3 is 11.9 Å². The van der Waals surface area contributed by atoms with E-state index in [1.165, 1.54) is 14.2 Å². The van der Waals surface area contributed by atoms with Crippen LogP contribution in [0, 0.1) is 12.3 Å². The van der Waals surface area contributed by atoms with E-state index < -0.39 is 21.4 Å². The zero-order valence-electron chi connectivity index (χ0n) is 12.8. The third kappa shape index (κ3) is 1.86. The number of benzene rings is 1. The Bertz CT molecular complexity index is 619. The summed E-state index contributed by atoms with van der Waals surface area (Å²) < 4.78 is 9.44. The number of carbonyl (C=O) groups excluding carboxylic acids is 2. The second-order valence-corrected chi connectivity index (χ2v) is 8.42. The van der Waals surface area contributed by atoms with Gasteiger partial charge in [0.1, 0.15) is 4.08 Å². The van der Waals surface area contributed by atoms with Crippen molar-refractivity contribution in [3.8, 4) is 0 Å². The maximum atomic E-state index is 12.7. The van der Waals surface area contributed by atoms with Crippen LogP contribution in [0.2, 0.25) is 0 Å². The number of hydrogen-bond donors (Lipinski definition) is 0. The van der Waals surface area contributed by atoms with Crippen molar-refractivity contribution in [1.29, 1.82) is 0 Å². The van der Waals surface area contributed by atoms with E-state index in [1.807, 2.05) is 19.1 Å². The van der Waals surface area contributed by atoms with E-state index in [1.54, 1.807) is 23.5 Å². The normalized spacial score (nSPS) is 20.7. The molecule has 1 aromatic rings. The Morgan fingerprint density at radius 1 is 1.09 bits per heavy atom. The molecule has 6 heteroatoms. The first-order valence-corrected chi connectivity index (χ1v) is 9.03. The molecule has 4 nitrogen and oxygen atoms in total. The number of fused-ring (bicyclic) bond motifs is 2. The van der Waals surface area contributed by atoms with Crippen LogP contribution in [0.4, 0.5) is 0 Å². The van der Waals surface area contributed by atoms with E-state index in [4.69, 9.17) is 9.47 Å². The Labute approximate surface area is 138 Å². The molecule has 118 valence electrons. The van der Waals surface area contributed by atoms with Gasteiger partial charge in [-0.15, -0.1) is 23.5 Å². The molecule has 0 aromatic heterocycles.